The summed E-state index contributed by atoms with van der Waals surface area (Å²) in [6, 6.07) is 26.1. The van der Waals surface area contributed by atoms with Crippen LogP contribution in [-0.2, 0) is 0 Å². The lowest BCUT2D eigenvalue weighted by molar-refractivity contribution is 0.381. The van der Waals surface area contributed by atoms with Crippen molar-refractivity contribution >= 4 is 30.3 Å². The maximum absolute atomic E-state index is 14.7. The molecule has 0 aliphatic heterocycles. The van der Waals surface area contributed by atoms with Crippen molar-refractivity contribution in [2.45, 2.75) is 0 Å². The van der Waals surface area contributed by atoms with Crippen LogP contribution in [0.2, 0.25) is 0 Å². The van der Waals surface area contributed by atoms with Crippen molar-refractivity contribution < 1.29 is 45.8 Å². The number of methoxy groups -OCH3 is 3. The van der Waals surface area contributed by atoms with E-state index in [1.807, 2.05) is 6.07 Å². The Balaban J connectivity index is 0.000000217. The van der Waals surface area contributed by atoms with Crippen LogP contribution in [0.1, 0.15) is 0 Å². The number of hydrogen-bond acceptors (Lipinski definition) is 5. The summed E-state index contributed by atoms with van der Waals surface area (Å²) >= 11 is 1.58. The van der Waals surface area contributed by atoms with E-state index in [-0.39, 0.29) is 14.7 Å². The van der Waals surface area contributed by atoms with Gasteiger partial charge in [-0.3, -0.25) is 0 Å². The summed E-state index contributed by atoms with van der Waals surface area (Å²) < 4.78 is 86.4. The summed E-state index contributed by atoms with van der Waals surface area (Å²) in [7, 11) is 5.16. The highest BCUT2D eigenvalue weighted by atomic mass is 127. The van der Waals surface area contributed by atoms with Crippen molar-refractivity contribution in [3.05, 3.63) is 130 Å². The van der Waals surface area contributed by atoms with E-state index >= 15 is 0 Å². The third-order valence-corrected chi connectivity index (χ3v) is 6.95. The predicted molar refractivity (Wildman–Crippen MR) is 171 cm³/mol. The average Bonchev–Trinajstić information content (AvgIpc) is 3.08. The standard InChI is InChI=1S/C20H16F2O2.C7H8BO3.C6H2F3I/c1-23-17-9-5-3-7-13(17)15-11-12-16(20(22)19(15)21)14-8-4-6-10-18(14)24-2;1-10-6-4-2-3-5-7(6)11-8-9;7-3-1-2-4(10)6(9)5(3)8/h3-12H,1-2H3;2-5,9H,1H3;1-2H. The topological polar surface area (TPSA) is 57.2 Å². The van der Waals surface area contributed by atoms with Crippen LogP contribution in [0.25, 0.3) is 22.3 Å². The maximum Gasteiger partial charge on any atom is 0.569 e. The molecule has 5 rings (SSSR count). The second-order valence-electron chi connectivity index (χ2n) is 8.72. The number of rotatable bonds is 7. The molecule has 5 aromatic rings. The molecule has 5 aromatic carbocycles. The minimum Gasteiger partial charge on any atom is -0.535 e. The maximum atomic E-state index is 14.7. The summed E-state index contributed by atoms with van der Waals surface area (Å²) in [5.41, 5.74) is 1.32. The van der Waals surface area contributed by atoms with E-state index in [4.69, 9.17) is 23.9 Å². The van der Waals surface area contributed by atoms with Crippen LogP contribution >= 0.6 is 22.6 Å². The van der Waals surface area contributed by atoms with Gasteiger partial charge in [-0.05, 0) is 59.0 Å². The molecule has 0 amide bonds. The zero-order chi connectivity index (χ0) is 32.9. The van der Waals surface area contributed by atoms with E-state index in [0.29, 0.717) is 41.8 Å². The van der Waals surface area contributed by atoms with E-state index in [1.54, 1.807) is 109 Å². The van der Waals surface area contributed by atoms with Crippen LogP contribution in [0.4, 0.5) is 22.0 Å². The average molecular weight is 735 g/mol. The van der Waals surface area contributed by atoms with Gasteiger partial charge >= 0.3 is 7.69 Å². The van der Waals surface area contributed by atoms with Crippen LogP contribution in [0.5, 0.6) is 23.0 Å². The van der Waals surface area contributed by atoms with Crippen LogP contribution in [0, 0.1) is 32.7 Å². The normalized spacial score (nSPS) is 10.0. The van der Waals surface area contributed by atoms with E-state index in [1.165, 1.54) is 20.3 Å². The van der Waals surface area contributed by atoms with Gasteiger partial charge in [-0.25, -0.2) is 22.0 Å². The molecule has 0 saturated carbocycles. The number of halogens is 6. The molecule has 0 atom stereocenters. The van der Waals surface area contributed by atoms with Gasteiger partial charge in [-0.2, -0.15) is 0 Å². The van der Waals surface area contributed by atoms with Crippen molar-refractivity contribution in [1.29, 1.82) is 0 Å². The van der Waals surface area contributed by atoms with Crippen LogP contribution < -0.4 is 18.9 Å². The van der Waals surface area contributed by atoms with Gasteiger partial charge in [0.1, 0.15) is 17.2 Å². The molecule has 0 heterocycles. The molecule has 1 N–H and O–H groups in total. The van der Waals surface area contributed by atoms with Crippen molar-refractivity contribution in [1.82, 2.24) is 0 Å². The highest BCUT2D eigenvalue weighted by Crippen LogP contribution is 2.38. The molecule has 0 spiro atoms. The second-order valence-corrected chi connectivity index (χ2v) is 9.88. The Kier molecular flexibility index (Phi) is 13.5. The van der Waals surface area contributed by atoms with Gasteiger partial charge in [0.25, 0.3) is 0 Å². The minimum atomic E-state index is -1.41. The first-order valence-electron chi connectivity index (χ1n) is 13.0. The Morgan fingerprint density at radius 3 is 1.33 bits per heavy atom. The summed E-state index contributed by atoms with van der Waals surface area (Å²) in [6.45, 7) is 0. The fraction of sp³-hybridized carbons (Fsp3) is 0.0909. The number of ether oxygens (including phenoxy) is 3. The molecule has 0 unspecified atom stereocenters. The highest BCUT2D eigenvalue weighted by molar-refractivity contribution is 14.1. The molecule has 233 valence electrons. The Morgan fingerprint density at radius 2 is 0.911 bits per heavy atom. The van der Waals surface area contributed by atoms with Crippen LogP contribution in [-0.4, -0.2) is 34.0 Å². The molecule has 0 bridgehead atoms. The van der Waals surface area contributed by atoms with E-state index in [0.717, 1.165) is 6.07 Å². The zero-order valence-corrected chi connectivity index (χ0v) is 26.3. The molecule has 1 radical (unpaired) electrons. The molecule has 45 heavy (non-hydrogen) atoms. The highest BCUT2D eigenvalue weighted by Gasteiger charge is 2.19. The van der Waals surface area contributed by atoms with Crippen LogP contribution in [0.15, 0.2) is 97.1 Å². The Labute approximate surface area is 271 Å². The first-order valence-corrected chi connectivity index (χ1v) is 14.1. The summed E-state index contributed by atoms with van der Waals surface area (Å²) in [5, 5.41) is 8.34. The van der Waals surface area contributed by atoms with Gasteiger partial charge in [0, 0.05) is 22.3 Å². The van der Waals surface area contributed by atoms with E-state index in [2.05, 4.69) is 0 Å². The van der Waals surface area contributed by atoms with Gasteiger partial charge in [0.05, 0.1) is 24.9 Å². The number of benzene rings is 5. The van der Waals surface area contributed by atoms with Crippen molar-refractivity contribution in [2.24, 2.45) is 0 Å². The minimum absolute atomic E-state index is 0.0801. The molecule has 0 aliphatic rings. The molecule has 5 nitrogen and oxygen atoms in total. The lowest BCUT2D eigenvalue weighted by Crippen LogP contribution is -2.01. The van der Waals surface area contributed by atoms with Gasteiger partial charge in [0.2, 0.25) is 0 Å². The summed E-state index contributed by atoms with van der Waals surface area (Å²) in [4.78, 5) is 0. The van der Waals surface area contributed by atoms with Crippen molar-refractivity contribution in [2.75, 3.05) is 21.3 Å². The zero-order valence-electron chi connectivity index (χ0n) is 24.2. The lowest BCUT2D eigenvalue weighted by Gasteiger charge is -2.13. The Morgan fingerprint density at radius 1 is 0.489 bits per heavy atom. The molecule has 0 saturated heterocycles. The van der Waals surface area contributed by atoms with Gasteiger partial charge in [-0.15, -0.1) is 0 Å². The fourth-order valence-corrected chi connectivity index (χ4v) is 4.39. The van der Waals surface area contributed by atoms with Crippen molar-refractivity contribution in [3.8, 4) is 45.3 Å². The third kappa shape index (κ3) is 8.89. The summed E-state index contributed by atoms with van der Waals surface area (Å²) in [5.74, 6) is -3.45. The first-order chi connectivity index (χ1) is 21.7. The Hall–Kier alpha value is -4.30. The molecule has 12 heteroatoms. The SMILES string of the molecule is COc1ccccc1-c1ccc(-c2ccccc2OC)c(F)c1F.COc1ccccc1O[B]O.Fc1ccc(I)c(F)c1F. The second kappa shape index (κ2) is 17.3. The third-order valence-electron chi connectivity index (χ3n) is 6.11. The number of para-hydroxylation sites is 4. The van der Waals surface area contributed by atoms with Gasteiger partial charge in [0.15, 0.2) is 34.8 Å². The summed E-state index contributed by atoms with van der Waals surface area (Å²) in [6.07, 6.45) is 0. The van der Waals surface area contributed by atoms with Gasteiger partial charge in [-0.1, -0.05) is 60.7 Å². The Bertz CT molecular complexity index is 1620. The van der Waals surface area contributed by atoms with E-state index in [9.17, 15) is 22.0 Å². The molecule has 0 fully saturated rings. The lowest BCUT2D eigenvalue weighted by atomic mass is 9.98. The quantitative estimate of drug-likeness (QED) is 0.0597. The smallest absolute Gasteiger partial charge is 0.535 e. The monoisotopic (exact) mass is 735 g/mol. The predicted octanol–water partition coefficient (Wildman–Crippen LogP) is 8.62. The van der Waals surface area contributed by atoms with Crippen LogP contribution in [0.3, 0.4) is 0 Å². The fourth-order valence-electron chi connectivity index (χ4n) is 3.98. The molecular weight excluding hydrogens is 709 g/mol. The number of hydrogen-bond donors (Lipinski definition) is 1. The van der Waals surface area contributed by atoms with Crippen molar-refractivity contribution in [3.63, 3.8) is 0 Å². The largest absolute Gasteiger partial charge is 0.569 e. The molecule has 0 aliphatic carbocycles. The first kappa shape index (κ1) is 35.2. The van der Waals surface area contributed by atoms with Gasteiger partial charge < -0.3 is 23.9 Å². The molecule has 0 aromatic heterocycles. The molecular formula is C33H26BF5IO5. The van der Waals surface area contributed by atoms with E-state index < -0.39 is 29.1 Å².